The number of nitrogen functional groups attached to an aromatic ring is 1. The summed E-state index contributed by atoms with van der Waals surface area (Å²) in [5.41, 5.74) is 9.50. The van der Waals surface area contributed by atoms with Crippen molar-refractivity contribution >= 4 is 17.4 Å². The van der Waals surface area contributed by atoms with Crippen LogP contribution >= 0.6 is 0 Å². The molecule has 3 atom stereocenters. The van der Waals surface area contributed by atoms with Crippen molar-refractivity contribution in [3.05, 3.63) is 77.5 Å². The van der Waals surface area contributed by atoms with E-state index in [9.17, 15) is 9.90 Å². The van der Waals surface area contributed by atoms with E-state index in [0.717, 1.165) is 42.0 Å². The van der Waals surface area contributed by atoms with Crippen molar-refractivity contribution in [1.82, 2.24) is 10.3 Å². The van der Waals surface area contributed by atoms with Crippen LogP contribution in [0.4, 0.5) is 11.5 Å². The van der Waals surface area contributed by atoms with Gasteiger partial charge in [-0.15, -0.1) is 0 Å². The number of nitrogens with two attached hydrogens (primary N) is 1. The van der Waals surface area contributed by atoms with Gasteiger partial charge in [-0.2, -0.15) is 0 Å². The molecule has 0 radical (unpaired) electrons. The van der Waals surface area contributed by atoms with Crippen molar-refractivity contribution in [3.63, 3.8) is 0 Å². The Morgan fingerprint density at radius 2 is 2.00 bits per heavy atom. The van der Waals surface area contributed by atoms with E-state index in [2.05, 4.69) is 27.8 Å². The van der Waals surface area contributed by atoms with Crippen LogP contribution in [0, 0.1) is 6.92 Å². The summed E-state index contributed by atoms with van der Waals surface area (Å²) in [6.07, 6.45) is 2.50. The second-order valence-electron chi connectivity index (χ2n) is 8.76. The molecule has 7 nitrogen and oxygen atoms in total. The van der Waals surface area contributed by atoms with Gasteiger partial charge in [-0.3, -0.25) is 4.79 Å². The lowest BCUT2D eigenvalue weighted by Gasteiger charge is -2.20. The molecule has 1 amide bonds. The van der Waals surface area contributed by atoms with E-state index in [-0.39, 0.29) is 25.0 Å². The lowest BCUT2D eigenvalue weighted by Crippen LogP contribution is -2.42. The SMILES string of the molecule is Cc1cc(CC2CCC(C(O)COc3ccccc3)N2)ccc1NC(=O)Cc1ccc(N)[nH]1. The molecule has 174 valence electrons. The van der Waals surface area contributed by atoms with Crippen LogP contribution in [-0.2, 0) is 17.6 Å². The number of anilines is 2. The predicted molar refractivity (Wildman–Crippen MR) is 130 cm³/mol. The maximum atomic E-state index is 12.3. The number of nitrogens with one attached hydrogen (secondary N) is 3. The molecule has 1 aliphatic heterocycles. The zero-order valence-electron chi connectivity index (χ0n) is 18.9. The first kappa shape index (κ1) is 22.9. The second kappa shape index (κ2) is 10.6. The van der Waals surface area contributed by atoms with Crippen LogP contribution < -0.4 is 21.1 Å². The Bertz CT molecular complexity index is 1070. The number of aromatic amines is 1. The molecule has 3 aromatic rings. The zero-order chi connectivity index (χ0) is 23.2. The zero-order valence-corrected chi connectivity index (χ0v) is 18.9. The first-order chi connectivity index (χ1) is 16.0. The number of hydrogen-bond donors (Lipinski definition) is 5. The Morgan fingerprint density at radius 1 is 1.18 bits per heavy atom. The Labute approximate surface area is 194 Å². The van der Waals surface area contributed by atoms with E-state index in [1.165, 1.54) is 5.56 Å². The van der Waals surface area contributed by atoms with Gasteiger partial charge in [-0.05, 0) is 67.6 Å². The first-order valence-corrected chi connectivity index (χ1v) is 11.4. The minimum absolute atomic E-state index is 0.0281. The van der Waals surface area contributed by atoms with Gasteiger partial charge in [0.25, 0.3) is 0 Å². The molecule has 2 heterocycles. The lowest BCUT2D eigenvalue weighted by atomic mass is 10.0. The van der Waals surface area contributed by atoms with E-state index in [1.54, 1.807) is 6.07 Å². The monoisotopic (exact) mass is 448 g/mol. The summed E-state index contributed by atoms with van der Waals surface area (Å²) in [5.74, 6) is 1.24. The summed E-state index contributed by atoms with van der Waals surface area (Å²) < 4.78 is 5.70. The number of aryl methyl sites for hydroxylation is 1. The van der Waals surface area contributed by atoms with Gasteiger partial charge in [-0.1, -0.05) is 30.3 Å². The highest BCUT2D eigenvalue weighted by atomic mass is 16.5. The maximum Gasteiger partial charge on any atom is 0.230 e. The van der Waals surface area contributed by atoms with Crippen LogP contribution in [-0.4, -0.2) is 40.8 Å². The minimum Gasteiger partial charge on any atom is -0.491 e. The average Bonchev–Trinajstić information content (AvgIpc) is 3.43. The van der Waals surface area contributed by atoms with Crippen molar-refractivity contribution in [3.8, 4) is 5.75 Å². The Balaban J connectivity index is 1.25. The van der Waals surface area contributed by atoms with Gasteiger partial charge in [0.2, 0.25) is 5.91 Å². The minimum atomic E-state index is -0.551. The molecular formula is C26H32N4O3. The molecule has 1 aromatic heterocycles. The third kappa shape index (κ3) is 6.37. The van der Waals surface area contributed by atoms with Crippen LogP contribution in [0.25, 0.3) is 0 Å². The van der Waals surface area contributed by atoms with Crippen LogP contribution in [0.1, 0.15) is 29.7 Å². The van der Waals surface area contributed by atoms with Crippen molar-refractivity contribution in [1.29, 1.82) is 0 Å². The van der Waals surface area contributed by atoms with E-state index >= 15 is 0 Å². The van der Waals surface area contributed by atoms with Crippen molar-refractivity contribution in [2.75, 3.05) is 17.7 Å². The molecule has 6 N–H and O–H groups in total. The highest BCUT2D eigenvalue weighted by Crippen LogP contribution is 2.23. The molecule has 0 aliphatic carbocycles. The fourth-order valence-electron chi connectivity index (χ4n) is 4.34. The standard InChI is InChI=1S/C26H32N4O3/c1-17-13-18(7-10-22(17)30-26(32)15-20-9-12-25(27)29-20)14-19-8-11-23(28-19)24(31)16-33-21-5-3-2-4-6-21/h2-7,9-10,12-13,19,23-24,28-29,31H,8,11,14-16,27H2,1H3,(H,30,32). The highest BCUT2D eigenvalue weighted by Gasteiger charge is 2.29. The number of carbonyl (C=O) groups excluding carboxylic acids is 1. The van der Waals surface area contributed by atoms with Gasteiger partial charge < -0.3 is 31.2 Å². The molecule has 7 heteroatoms. The average molecular weight is 449 g/mol. The molecule has 0 spiro atoms. The summed E-state index contributed by atoms with van der Waals surface area (Å²) in [4.78, 5) is 15.3. The number of benzene rings is 2. The fourth-order valence-corrected chi connectivity index (χ4v) is 4.34. The number of aliphatic hydroxyl groups excluding tert-OH is 1. The normalized spacial score (nSPS) is 18.7. The molecule has 1 saturated heterocycles. The van der Waals surface area contributed by atoms with E-state index < -0.39 is 6.10 Å². The quantitative estimate of drug-likeness (QED) is 0.345. The Hall–Kier alpha value is -3.29. The number of ether oxygens (including phenoxy) is 1. The second-order valence-corrected chi connectivity index (χ2v) is 8.76. The number of rotatable bonds is 9. The third-order valence-corrected chi connectivity index (χ3v) is 6.07. The first-order valence-electron chi connectivity index (χ1n) is 11.4. The summed E-state index contributed by atoms with van der Waals surface area (Å²) in [5, 5.41) is 17.1. The third-order valence-electron chi connectivity index (χ3n) is 6.07. The van der Waals surface area contributed by atoms with Crippen LogP contribution in [0.5, 0.6) is 5.75 Å². The summed E-state index contributed by atoms with van der Waals surface area (Å²) in [6.45, 7) is 2.28. The molecule has 1 aliphatic rings. The van der Waals surface area contributed by atoms with E-state index in [1.807, 2.05) is 49.4 Å². The van der Waals surface area contributed by atoms with Gasteiger partial charge in [0.15, 0.2) is 0 Å². The molecule has 2 aromatic carbocycles. The van der Waals surface area contributed by atoms with Crippen molar-refractivity contribution in [2.45, 2.75) is 50.8 Å². The molecule has 4 rings (SSSR count). The Kier molecular flexibility index (Phi) is 7.32. The summed E-state index contributed by atoms with van der Waals surface area (Å²) in [6, 6.07) is 19.6. The van der Waals surface area contributed by atoms with Gasteiger partial charge in [0, 0.05) is 23.5 Å². The number of carbonyl (C=O) groups is 1. The number of H-pyrrole nitrogens is 1. The number of amides is 1. The number of para-hydroxylation sites is 1. The number of aliphatic hydroxyl groups is 1. The summed E-state index contributed by atoms with van der Waals surface area (Å²) >= 11 is 0. The highest BCUT2D eigenvalue weighted by molar-refractivity contribution is 5.92. The van der Waals surface area contributed by atoms with Crippen LogP contribution in [0.2, 0.25) is 0 Å². The molecule has 0 bridgehead atoms. The van der Waals surface area contributed by atoms with Crippen LogP contribution in [0.3, 0.4) is 0 Å². The van der Waals surface area contributed by atoms with Gasteiger partial charge in [0.05, 0.1) is 6.42 Å². The molecular weight excluding hydrogens is 416 g/mol. The van der Waals surface area contributed by atoms with Gasteiger partial charge in [0.1, 0.15) is 24.3 Å². The van der Waals surface area contributed by atoms with Gasteiger partial charge >= 0.3 is 0 Å². The van der Waals surface area contributed by atoms with Crippen molar-refractivity contribution < 1.29 is 14.6 Å². The predicted octanol–water partition coefficient (Wildman–Crippen LogP) is 3.19. The largest absolute Gasteiger partial charge is 0.491 e. The van der Waals surface area contributed by atoms with E-state index in [0.29, 0.717) is 11.9 Å². The fraction of sp³-hybridized carbons (Fsp3) is 0.346. The topological polar surface area (TPSA) is 112 Å². The number of aromatic nitrogens is 1. The van der Waals surface area contributed by atoms with Crippen molar-refractivity contribution in [2.24, 2.45) is 0 Å². The van der Waals surface area contributed by atoms with Gasteiger partial charge in [-0.25, -0.2) is 0 Å². The lowest BCUT2D eigenvalue weighted by molar-refractivity contribution is -0.115. The number of hydrogen-bond acceptors (Lipinski definition) is 5. The van der Waals surface area contributed by atoms with E-state index in [4.69, 9.17) is 10.5 Å². The molecule has 33 heavy (non-hydrogen) atoms. The Morgan fingerprint density at radius 3 is 2.73 bits per heavy atom. The molecule has 0 saturated carbocycles. The summed E-state index contributed by atoms with van der Waals surface area (Å²) in [7, 11) is 0. The smallest absolute Gasteiger partial charge is 0.230 e. The maximum absolute atomic E-state index is 12.3. The molecule has 1 fully saturated rings. The molecule has 3 unspecified atom stereocenters. The van der Waals surface area contributed by atoms with Crippen LogP contribution in [0.15, 0.2) is 60.7 Å².